The normalized spacial score (nSPS) is 10.5. The van der Waals surface area contributed by atoms with Gasteiger partial charge in [-0.1, -0.05) is 17.7 Å². The minimum absolute atomic E-state index is 0.100. The molecular formula is C18H14ClFN4O3. The van der Waals surface area contributed by atoms with Gasteiger partial charge in [0.2, 0.25) is 5.82 Å². The van der Waals surface area contributed by atoms with Crippen molar-refractivity contribution in [3.05, 3.63) is 74.8 Å². The Hall–Kier alpha value is -3.26. The molecule has 0 aliphatic heterocycles. The Morgan fingerprint density at radius 2 is 1.93 bits per heavy atom. The van der Waals surface area contributed by atoms with Crippen molar-refractivity contribution >= 4 is 28.8 Å². The minimum Gasteiger partial charge on any atom is -0.434 e. The Labute approximate surface area is 158 Å². The zero-order chi connectivity index (χ0) is 19.6. The predicted molar refractivity (Wildman–Crippen MR) is 99.4 cm³/mol. The zero-order valence-corrected chi connectivity index (χ0v) is 15.1. The number of ether oxygens (including phenoxy) is 1. The fourth-order valence-electron chi connectivity index (χ4n) is 2.29. The highest BCUT2D eigenvalue weighted by molar-refractivity contribution is 6.31. The van der Waals surface area contributed by atoms with Crippen LogP contribution in [0.5, 0.6) is 11.6 Å². The van der Waals surface area contributed by atoms with Crippen LogP contribution >= 0.6 is 11.6 Å². The van der Waals surface area contributed by atoms with Crippen molar-refractivity contribution < 1.29 is 14.1 Å². The lowest BCUT2D eigenvalue weighted by atomic mass is 10.1. The summed E-state index contributed by atoms with van der Waals surface area (Å²) >= 11 is 5.74. The molecule has 9 heteroatoms. The summed E-state index contributed by atoms with van der Waals surface area (Å²) < 4.78 is 18.9. The van der Waals surface area contributed by atoms with E-state index in [-0.39, 0.29) is 16.7 Å². The second-order valence-corrected chi connectivity index (χ2v) is 6.14. The summed E-state index contributed by atoms with van der Waals surface area (Å²) in [6, 6.07) is 9.13. The lowest BCUT2D eigenvalue weighted by Gasteiger charge is -2.10. The molecule has 0 amide bonds. The minimum atomic E-state index is -0.649. The fourth-order valence-corrected chi connectivity index (χ4v) is 2.47. The summed E-state index contributed by atoms with van der Waals surface area (Å²) in [5.41, 5.74) is 1.93. The molecule has 0 fully saturated rings. The molecule has 1 N–H and O–H groups in total. The topological polar surface area (TPSA) is 90.2 Å². The van der Waals surface area contributed by atoms with Crippen molar-refractivity contribution in [2.75, 3.05) is 5.32 Å². The van der Waals surface area contributed by atoms with Gasteiger partial charge < -0.3 is 10.1 Å². The number of benzene rings is 2. The third-order valence-corrected chi connectivity index (χ3v) is 4.14. The summed E-state index contributed by atoms with van der Waals surface area (Å²) in [5.74, 6) is -0.501. The average molecular weight is 389 g/mol. The number of aromatic nitrogens is 2. The molecule has 0 unspecified atom stereocenters. The monoisotopic (exact) mass is 388 g/mol. The number of nitro groups is 1. The van der Waals surface area contributed by atoms with Crippen molar-refractivity contribution in [3.63, 3.8) is 0 Å². The molecule has 0 saturated heterocycles. The first-order chi connectivity index (χ1) is 12.8. The van der Waals surface area contributed by atoms with Gasteiger partial charge in [-0.15, -0.1) is 0 Å². The van der Waals surface area contributed by atoms with Crippen LogP contribution in [0.4, 0.5) is 21.6 Å². The quantitative estimate of drug-likeness (QED) is 0.469. The van der Waals surface area contributed by atoms with Crippen LogP contribution in [0.15, 0.2) is 42.7 Å². The second-order valence-electron chi connectivity index (χ2n) is 5.74. The van der Waals surface area contributed by atoms with Gasteiger partial charge in [0.1, 0.15) is 17.9 Å². The van der Waals surface area contributed by atoms with Crippen LogP contribution in [0.1, 0.15) is 11.1 Å². The first-order valence-corrected chi connectivity index (χ1v) is 8.19. The van der Waals surface area contributed by atoms with Crippen LogP contribution in [0.25, 0.3) is 0 Å². The SMILES string of the molecule is Cc1ccc(Oc2ncnc(Nc3ccc(F)c(Cl)c3)c2[N+](=O)[O-])cc1C. The predicted octanol–water partition coefficient (Wildman–Crippen LogP) is 5.33. The maximum Gasteiger partial charge on any atom is 0.373 e. The average Bonchev–Trinajstić information content (AvgIpc) is 2.61. The second kappa shape index (κ2) is 7.55. The van der Waals surface area contributed by atoms with E-state index in [1.54, 1.807) is 12.1 Å². The van der Waals surface area contributed by atoms with E-state index in [2.05, 4.69) is 15.3 Å². The van der Waals surface area contributed by atoms with E-state index >= 15 is 0 Å². The van der Waals surface area contributed by atoms with Crippen molar-refractivity contribution in [2.24, 2.45) is 0 Å². The van der Waals surface area contributed by atoms with Gasteiger partial charge in [0.05, 0.1) is 9.95 Å². The Kier molecular flexibility index (Phi) is 5.18. The van der Waals surface area contributed by atoms with Gasteiger partial charge in [0.15, 0.2) is 0 Å². The highest BCUT2D eigenvalue weighted by Crippen LogP contribution is 2.36. The molecule has 3 rings (SSSR count). The van der Waals surface area contributed by atoms with Gasteiger partial charge in [0, 0.05) is 5.69 Å². The van der Waals surface area contributed by atoms with Crippen molar-refractivity contribution in [3.8, 4) is 11.6 Å². The highest BCUT2D eigenvalue weighted by Gasteiger charge is 2.25. The first-order valence-electron chi connectivity index (χ1n) is 7.81. The molecule has 7 nitrogen and oxygen atoms in total. The lowest BCUT2D eigenvalue weighted by molar-refractivity contribution is -0.385. The number of nitrogens with zero attached hydrogens (tertiary/aromatic N) is 3. The summed E-state index contributed by atoms with van der Waals surface area (Å²) in [4.78, 5) is 18.7. The van der Waals surface area contributed by atoms with E-state index in [4.69, 9.17) is 16.3 Å². The highest BCUT2D eigenvalue weighted by atomic mass is 35.5. The van der Waals surface area contributed by atoms with Gasteiger partial charge >= 0.3 is 11.6 Å². The van der Waals surface area contributed by atoms with Crippen LogP contribution < -0.4 is 10.1 Å². The van der Waals surface area contributed by atoms with Gasteiger partial charge in [0.25, 0.3) is 0 Å². The van der Waals surface area contributed by atoms with E-state index in [0.717, 1.165) is 23.5 Å². The number of aryl methyl sites for hydroxylation is 2. The Morgan fingerprint density at radius 1 is 1.15 bits per heavy atom. The van der Waals surface area contributed by atoms with Gasteiger partial charge in [-0.25, -0.2) is 9.37 Å². The summed E-state index contributed by atoms with van der Waals surface area (Å²) in [5, 5.41) is 14.2. The lowest BCUT2D eigenvalue weighted by Crippen LogP contribution is -2.03. The number of halogens is 2. The molecule has 1 heterocycles. The molecule has 0 spiro atoms. The molecule has 0 radical (unpaired) electrons. The maximum atomic E-state index is 13.3. The third kappa shape index (κ3) is 4.12. The van der Waals surface area contributed by atoms with E-state index in [9.17, 15) is 14.5 Å². The van der Waals surface area contributed by atoms with Crippen LogP contribution in [-0.4, -0.2) is 14.9 Å². The maximum absolute atomic E-state index is 13.3. The third-order valence-electron chi connectivity index (χ3n) is 3.85. The van der Waals surface area contributed by atoms with E-state index < -0.39 is 16.4 Å². The van der Waals surface area contributed by atoms with Gasteiger partial charge in [-0.3, -0.25) is 10.1 Å². The molecular weight excluding hydrogens is 375 g/mol. The molecule has 2 aromatic carbocycles. The van der Waals surface area contributed by atoms with Crippen LogP contribution in [-0.2, 0) is 0 Å². The number of nitrogens with one attached hydrogen (secondary N) is 1. The Balaban J connectivity index is 1.97. The largest absolute Gasteiger partial charge is 0.434 e. The fraction of sp³-hybridized carbons (Fsp3) is 0.111. The molecule has 0 bridgehead atoms. The van der Waals surface area contributed by atoms with E-state index in [0.29, 0.717) is 11.4 Å². The zero-order valence-electron chi connectivity index (χ0n) is 14.4. The number of rotatable bonds is 5. The molecule has 138 valence electrons. The van der Waals surface area contributed by atoms with E-state index in [1.165, 1.54) is 12.1 Å². The molecule has 0 aliphatic carbocycles. The first kappa shape index (κ1) is 18.5. The molecule has 0 saturated carbocycles. The number of anilines is 2. The summed E-state index contributed by atoms with van der Waals surface area (Å²) in [7, 11) is 0. The van der Waals surface area contributed by atoms with Crippen LogP contribution in [0, 0.1) is 29.8 Å². The Morgan fingerprint density at radius 3 is 2.59 bits per heavy atom. The van der Waals surface area contributed by atoms with Crippen molar-refractivity contribution in [2.45, 2.75) is 13.8 Å². The van der Waals surface area contributed by atoms with Crippen LogP contribution in [0.3, 0.4) is 0 Å². The van der Waals surface area contributed by atoms with Gasteiger partial charge in [-0.2, -0.15) is 4.98 Å². The van der Waals surface area contributed by atoms with E-state index in [1.807, 2.05) is 19.9 Å². The standard InChI is InChI=1S/C18H14ClFN4O3/c1-10-3-5-13(7-11(10)2)27-18-16(24(25)26)17(21-9-22-18)23-12-4-6-15(20)14(19)8-12/h3-9H,1-2H3,(H,21,22,23). The molecule has 3 aromatic rings. The van der Waals surface area contributed by atoms with Crippen molar-refractivity contribution in [1.82, 2.24) is 9.97 Å². The number of hydrogen-bond donors (Lipinski definition) is 1. The van der Waals surface area contributed by atoms with Crippen LogP contribution in [0.2, 0.25) is 5.02 Å². The molecule has 0 aliphatic rings. The van der Waals surface area contributed by atoms with Crippen molar-refractivity contribution in [1.29, 1.82) is 0 Å². The molecule has 0 atom stereocenters. The molecule has 1 aromatic heterocycles. The smallest absolute Gasteiger partial charge is 0.373 e. The number of hydrogen-bond acceptors (Lipinski definition) is 6. The summed E-state index contributed by atoms with van der Waals surface area (Å²) in [6.07, 6.45) is 1.14. The Bertz CT molecular complexity index is 958. The molecule has 27 heavy (non-hydrogen) atoms. The van der Waals surface area contributed by atoms with Gasteiger partial charge in [-0.05, 0) is 55.3 Å². The summed E-state index contributed by atoms with van der Waals surface area (Å²) in [6.45, 7) is 3.85.